The summed E-state index contributed by atoms with van der Waals surface area (Å²) in [4.78, 5) is 47.2. The van der Waals surface area contributed by atoms with Crippen LogP contribution in [0.15, 0.2) is 24.3 Å². The standard InChI is InChI=1S/C19H28N4O7/c20-8-2-1-3-14(19(29)30)22-18(28)15(9-11-4-6-12(24)7-5-11)23-17(27)13(21)10-16(25)26/h4-7,13-15,24H,1-3,8-10,20-21H2,(H,22,28)(H,23,27)(H,25,26)(H,29,30). The van der Waals surface area contributed by atoms with Gasteiger partial charge in [0.25, 0.3) is 0 Å². The quantitative estimate of drug-likeness (QED) is 0.192. The van der Waals surface area contributed by atoms with E-state index in [1.807, 2.05) is 0 Å². The molecule has 11 nitrogen and oxygen atoms in total. The van der Waals surface area contributed by atoms with E-state index in [2.05, 4.69) is 10.6 Å². The SMILES string of the molecule is NCCCCC(NC(=O)C(Cc1ccc(O)cc1)NC(=O)C(N)CC(=O)O)C(=O)O. The van der Waals surface area contributed by atoms with Crippen molar-refractivity contribution in [1.82, 2.24) is 10.6 Å². The summed E-state index contributed by atoms with van der Waals surface area (Å²) in [6.45, 7) is 0.390. The van der Waals surface area contributed by atoms with Crippen LogP contribution in [-0.2, 0) is 25.6 Å². The van der Waals surface area contributed by atoms with E-state index in [1.165, 1.54) is 24.3 Å². The van der Waals surface area contributed by atoms with Crippen molar-refractivity contribution in [3.8, 4) is 5.75 Å². The number of aliphatic carboxylic acids is 2. The van der Waals surface area contributed by atoms with Crippen LogP contribution in [0.5, 0.6) is 5.75 Å². The lowest BCUT2D eigenvalue weighted by atomic mass is 10.0. The zero-order chi connectivity index (χ0) is 22.7. The Kier molecular flexibility index (Phi) is 10.3. The third kappa shape index (κ3) is 8.88. The van der Waals surface area contributed by atoms with E-state index in [0.29, 0.717) is 24.9 Å². The minimum atomic E-state index is -1.38. The zero-order valence-corrected chi connectivity index (χ0v) is 16.4. The number of phenols is 1. The predicted octanol–water partition coefficient (Wildman–Crippen LogP) is -1.08. The third-order valence-electron chi connectivity index (χ3n) is 4.30. The van der Waals surface area contributed by atoms with Crippen LogP contribution in [0, 0.1) is 0 Å². The van der Waals surface area contributed by atoms with Crippen molar-refractivity contribution < 1.29 is 34.5 Å². The zero-order valence-electron chi connectivity index (χ0n) is 16.4. The van der Waals surface area contributed by atoms with E-state index in [0.717, 1.165) is 0 Å². The first-order valence-electron chi connectivity index (χ1n) is 9.43. The van der Waals surface area contributed by atoms with Gasteiger partial charge in [-0.1, -0.05) is 12.1 Å². The van der Waals surface area contributed by atoms with E-state index in [9.17, 15) is 29.4 Å². The highest BCUT2D eigenvalue weighted by molar-refractivity contribution is 5.93. The number of benzene rings is 1. The monoisotopic (exact) mass is 424 g/mol. The molecule has 9 N–H and O–H groups in total. The number of carbonyl (C=O) groups excluding carboxylic acids is 2. The number of amides is 2. The van der Waals surface area contributed by atoms with Gasteiger partial charge in [0.1, 0.15) is 17.8 Å². The van der Waals surface area contributed by atoms with Crippen LogP contribution in [0.3, 0.4) is 0 Å². The number of carboxylic acids is 2. The average molecular weight is 424 g/mol. The lowest BCUT2D eigenvalue weighted by Crippen LogP contribution is -2.55. The molecule has 3 unspecified atom stereocenters. The van der Waals surface area contributed by atoms with Crippen molar-refractivity contribution >= 4 is 23.8 Å². The third-order valence-corrected chi connectivity index (χ3v) is 4.30. The normalized spacial score (nSPS) is 13.7. The number of unbranched alkanes of at least 4 members (excludes halogenated alkanes) is 1. The lowest BCUT2D eigenvalue weighted by Gasteiger charge is -2.23. The van der Waals surface area contributed by atoms with Gasteiger partial charge < -0.3 is 37.4 Å². The van der Waals surface area contributed by atoms with Crippen molar-refractivity contribution in [2.45, 2.75) is 50.2 Å². The van der Waals surface area contributed by atoms with Crippen LogP contribution in [0.2, 0.25) is 0 Å². The van der Waals surface area contributed by atoms with Gasteiger partial charge >= 0.3 is 11.9 Å². The molecule has 0 aliphatic heterocycles. The molecule has 30 heavy (non-hydrogen) atoms. The second kappa shape index (κ2) is 12.4. The molecule has 1 rings (SSSR count). The molecule has 0 aromatic heterocycles. The van der Waals surface area contributed by atoms with Crippen molar-refractivity contribution in [2.24, 2.45) is 11.5 Å². The number of rotatable bonds is 13. The number of phenolic OH excluding ortho intramolecular Hbond substituents is 1. The smallest absolute Gasteiger partial charge is 0.326 e. The molecule has 0 aliphatic carbocycles. The fourth-order valence-corrected chi connectivity index (χ4v) is 2.66. The van der Waals surface area contributed by atoms with E-state index >= 15 is 0 Å². The lowest BCUT2D eigenvalue weighted by molar-refractivity contribution is -0.143. The molecule has 11 heteroatoms. The van der Waals surface area contributed by atoms with Crippen molar-refractivity contribution in [1.29, 1.82) is 0 Å². The van der Waals surface area contributed by atoms with E-state index in [-0.39, 0.29) is 18.6 Å². The highest BCUT2D eigenvalue weighted by Crippen LogP contribution is 2.12. The fourth-order valence-electron chi connectivity index (χ4n) is 2.66. The molecular weight excluding hydrogens is 396 g/mol. The summed E-state index contributed by atoms with van der Waals surface area (Å²) in [5.41, 5.74) is 11.5. The van der Waals surface area contributed by atoms with Crippen LogP contribution >= 0.6 is 0 Å². The molecule has 3 atom stereocenters. The summed E-state index contributed by atoms with van der Waals surface area (Å²) in [6, 6.07) is 2.13. The summed E-state index contributed by atoms with van der Waals surface area (Å²) in [5.74, 6) is -4.09. The molecule has 166 valence electrons. The van der Waals surface area contributed by atoms with Gasteiger partial charge in [0, 0.05) is 6.42 Å². The molecular formula is C19H28N4O7. The van der Waals surface area contributed by atoms with Gasteiger partial charge in [0.15, 0.2) is 0 Å². The van der Waals surface area contributed by atoms with E-state index in [1.54, 1.807) is 0 Å². The number of carboxylic acid groups (broad SMARTS) is 2. The highest BCUT2D eigenvalue weighted by Gasteiger charge is 2.28. The minimum Gasteiger partial charge on any atom is -0.508 e. The Morgan fingerprint density at radius 1 is 0.933 bits per heavy atom. The average Bonchev–Trinajstić information content (AvgIpc) is 2.67. The van der Waals surface area contributed by atoms with Gasteiger partial charge in [-0.3, -0.25) is 14.4 Å². The van der Waals surface area contributed by atoms with Crippen molar-refractivity contribution in [3.63, 3.8) is 0 Å². The molecule has 0 spiro atoms. The van der Waals surface area contributed by atoms with Gasteiger partial charge in [-0.15, -0.1) is 0 Å². The summed E-state index contributed by atoms with van der Waals surface area (Å²) >= 11 is 0. The van der Waals surface area contributed by atoms with Gasteiger partial charge in [-0.05, 0) is 43.5 Å². The maximum absolute atomic E-state index is 12.7. The Bertz CT molecular complexity index is 739. The molecule has 2 amide bonds. The van der Waals surface area contributed by atoms with E-state index < -0.39 is 48.3 Å². The number of nitrogens with one attached hydrogen (secondary N) is 2. The maximum Gasteiger partial charge on any atom is 0.326 e. The van der Waals surface area contributed by atoms with Gasteiger partial charge in [0.2, 0.25) is 11.8 Å². The first kappa shape index (κ1) is 24.9. The molecule has 0 bridgehead atoms. The Morgan fingerprint density at radius 2 is 1.53 bits per heavy atom. The van der Waals surface area contributed by atoms with Crippen LogP contribution in [-0.4, -0.2) is 63.7 Å². The van der Waals surface area contributed by atoms with E-state index in [4.69, 9.17) is 16.6 Å². The maximum atomic E-state index is 12.7. The number of carbonyl (C=O) groups is 4. The van der Waals surface area contributed by atoms with Gasteiger partial charge in [-0.2, -0.15) is 0 Å². The number of nitrogens with two attached hydrogens (primary N) is 2. The molecule has 0 saturated carbocycles. The number of hydrogen-bond donors (Lipinski definition) is 7. The number of aromatic hydroxyl groups is 1. The van der Waals surface area contributed by atoms with Gasteiger partial charge in [0.05, 0.1) is 12.5 Å². The summed E-state index contributed by atoms with van der Waals surface area (Å²) < 4.78 is 0. The predicted molar refractivity (Wildman–Crippen MR) is 106 cm³/mol. The Balaban J connectivity index is 2.94. The molecule has 0 radical (unpaired) electrons. The first-order chi connectivity index (χ1) is 14.1. The molecule has 0 heterocycles. The molecule has 0 aliphatic rings. The summed E-state index contributed by atoms with van der Waals surface area (Å²) in [7, 11) is 0. The Morgan fingerprint density at radius 3 is 2.07 bits per heavy atom. The van der Waals surface area contributed by atoms with Crippen LogP contribution in [0.1, 0.15) is 31.2 Å². The first-order valence-corrected chi connectivity index (χ1v) is 9.43. The summed E-state index contributed by atoms with van der Waals surface area (Å²) in [5, 5.41) is 32.3. The molecule has 0 fully saturated rings. The second-order valence-corrected chi connectivity index (χ2v) is 6.82. The summed E-state index contributed by atoms with van der Waals surface area (Å²) in [6.07, 6.45) is 0.600. The Labute approximate surface area is 173 Å². The molecule has 0 saturated heterocycles. The second-order valence-electron chi connectivity index (χ2n) is 6.82. The highest BCUT2D eigenvalue weighted by atomic mass is 16.4. The van der Waals surface area contributed by atoms with Crippen LogP contribution in [0.25, 0.3) is 0 Å². The number of hydrogen-bond acceptors (Lipinski definition) is 7. The van der Waals surface area contributed by atoms with Crippen LogP contribution < -0.4 is 22.1 Å². The minimum absolute atomic E-state index is 0.0121. The largest absolute Gasteiger partial charge is 0.508 e. The van der Waals surface area contributed by atoms with Gasteiger partial charge in [-0.25, -0.2) is 4.79 Å². The van der Waals surface area contributed by atoms with Crippen LogP contribution in [0.4, 0.5) is 0 Å². The molecule has 1 aromatic carbocycles. The molecule has 1 aromatic rings. The Hall–Kier alpha value is -3.18. The van der Waals surface area contributed by atoms with Crippen molar-refractivity contribution in [2.75, 3.05) is 6.54 Å². The van der Waals surface area contributed by atoms with Crippen molar-refractivity contribution in [3.05, 3.63) is 29.8 Å². The fraction of sp³-hybridized carbons (Fsp3) is 0.474. The topological polar surface area (TPSA) is 205 Å².